The maximum absolute atomic E-state index is 11.9. The molecular weight excluding hydrogens is 292 g/mol. The Balaban J connectivity index is 2.44. The lowest BCUT2D eigenvalue weighted by atomic mass is 9.90. The molecule has 1 N–H and O–H groups in total. The van der Waals surface area contributed by atoms with Crippen molar-refractivity contribution in [3.8, 4) is 0 Å². The number of rotatable bonds is 4. The van der Waals surface area contributed by atoms with Gasteiger partial charge < -0.3 is 5.32 Å². The average molecular weight is 313 g/mol. The highest BCUT2D eigenvalue weighted by Crippen LogP contribution is 2.24. The van der Waals surface area contributed by atoms with Gasteiger partial charge in [-0.3, -0.25) is 9.78 Å². The lowest BCUT2D eigenvalue weighted by Gasteiger charge is -2.22. The number of aromatic nitrogens is 1. The van der Waals surface area contributed by atoms with Crippen LogP contribution in [-0.4, -0.2) is 22.3 Å². The van der Waals surface area contributed by atoms with Gasteiger partial charge in [0, 0.05) is 23.3 Å². The summed E-state index contributed by atoms with van der Waals surface area (Å²) in [5.74, 6) is -0.0686. The molecule has 0 aliphatic rings. The lowest BCUT2D eigenvalue weighted by Crippen LogP contribution is -2.31. The van der Waals surface area contributed by atoms with Crippen LogP contribution in [0.1, 0.15) is 43.2 Å². The van der Waals surface area contributed by atoms with Crippen molar-refractivity contribution in [2.75, 3.05) is 6.54 Å². The fourth-order valence-electron chi connectivity index (χ4n) is 1.64. The standard InChI is InChI=1S/C14H21BrN2O/c1-10-5-6-11(8-16-10)13(18)17-9-12(15)7-14(2,3)4/h5-6,8,12H,7,9H2,1-4H3,(H,17,18). The van der Waals surface area contributed by atoms with Gasteiger partial charge in [0.15, 0.2) is 0 Å². The van der Waals surface area contributed by atoms with E-state index in [9.17, 15) is 4.79 Å². The Kier molecular flexibility index (Phi) is 5.32. The number of halogens is 1. The molecule has 1 unspecified atom stereocenters. The third kappa shape index (κ3) is 5.63. The molecule has 1 rings (SSSR count). The highest BCUT2D eigenvalue weighted by atomic mass is 79.9. The van der Waals surface area contributed by atoms with Crippen molar-refractivity contribution in [2.24, 2.45) is 5.41 Å². The Morgan fingerprint density at radius 1 is 1.44 bits per heavy atom. The van der Waals surface area contributed by atoms with E-state index in [1.165, 1.54) is 0 Å². The zero-order valence-corrected chi connectivity index (χ0v) is 13.0. The Hall–Kier alpha value is -0.900. The largest absolute Gasteiger partial charge is 0.351 e. The van der Waals surface area contributed by atoms with Crippen molar-refractivity contribution in [1.29, 1.82) is 0 Å². The Morgan fingerprint density at radius 3 is 2.61 bits per heavy atom. The van der Waals surface area contributed by atoms with Crippen molar-refractivity contribution in [3.05, 3.63) is 29.6 Å². The molecule has 4 heteroatoms. The number of hydrogen-bond donors (Lipinski definition) is 1. The summed E-state index contributed by atoms with van der Waals surface area (Å²) in [6, 6.07) is 3.64. The summed E-state index contributed by atoms with van der Waals surface area (Å²) in [5, 5.41) is 2.91. The second kappa shape index (κ2) is 6.32. The van der Waals surface area contributed by atoms with Gasteiger partial charge in [0.05, 0.1) is 5.56 Å². The van der Waals surface area contributed by atoms with Crippen LogP contribution in [-0.2, 0) is 0 Å². The fourth-order valence-corrected chi connectivity index (χ4v) is 2.78. The molecule has 1 aromatic rings. The molecule has 1 heterocycles. The number of amides is 1. The van der Waals surface area contributed by atoms with E-state index in [0.29, 0.717) is 16.9 Å². The smallest absolute Gasteiger partial charge is 0.252 e. The van der Waals surface area contributed by atoms with Crippen molar-refractivity contribution < 1.29 is 4.79 Å². The van der Waals surface area contributed by atoms with Gasteiger partial charge in [-0.2, -0.15) is 0 Å². The van der Waals surface area contributed by atoms with Crippen LogP contribution in [0.2, 0.25) is 0 Å². The second-order valence-corrected chi connectivity index (χ2v) is 7.06. The first kappa shape index (κ1) is 15.2. The zero-order chi connectivity index (χ0) is 13.8. The van der Waals surface area contributed by atoms with E-state index >= 15 is 0 Å². The molecule has 0 aliphatic carbocycles. The summed E-state index contributed by atoms with van der Waals surface area (Å²) in [4.78, 5) is 16.3. The molecule has 0 bridgehead atoms. The number of nitrogens with one attached hydrogen (secondary N) is 1. The lowest BCUT2D eigenvalue weighted by molar-refractivity contribution is 0.0952. The second-order valence-electron chi connectivity index (χ2n) is 5.76. The van der Waals surface area contributed by atoms with E-state index in [4.69, 9.17) is 0 Å². The van der Waals surface area contributed by atoms with Gasteiger partial charge in [-0.25, -0.2) is 0 Å². The molecule has 0 saturated heterocycles. The molecular formula is C14H21BrN2O. The number of hydrogen-bond acceptors (Lipinski definition) is 2. The maximum atomic E-state index is 11.9. The first-order valence-corrected chi connectivity index (χ1v) is 7.04. The predicted molar refractivity (Wildman–Crippen MR) is 78.1 cm³/mol. The van der Waals surface area contributed by atoms with Gasteiger partial charge in [0.2, 0.25) is 0 Å². The first-order chi connectivity index (χ1) is 8.28. The minimum absolute atomic E-state index is 0.0686. The zero-order valence-electron chi connectivity index (χ0n) is 11.5. The molecule has 100 valence electrons. The van der Waals surface area contributed by atoms with Crippen LogP contribution in [0.4, 0.5) is 0 Å². The van der Waals surface area contributed by atoms with Crippen LogP contribution in [0.25, 0.3) is 0 Å². The maximum Gasteiger partial charge on any atom is 0.252 e. The Morgan fingerprint density at radius 2 is 2.11 bits per heavy atom. The van der Waals surface area contributed by atoms with Gasteiger partial charge in [0.25, 0.3) is 5.91 Å². The quantitative estimate of drug-likeness (QED) is 0.867. The van der Waals surface area contributed by atoms with E-state index in [0.717, 1.165) is 12.1 Å². The normalized spacial score (nSPS) is 13.2. The fraction of sp³-hybridized carbons (Fsp3) is 0.571. The molecule has 3 nitrogen and oxygen atoms in total. The van der Waals surface area contributed by atoms with Crippen molar-refractivity contribution in [1.82, 2.24) is 10.3 Å². The van der Waals surface area contributed by atoms with Gasteiger partial charge in [-0.15, -0.1) is 0 Å². The van der Waals surface area contributed by atoms with Crippen molar-refractivity contribution >= 4 is 21.8 Å². The van der Waals surface area contributed by atoms with Crippen molar-refractivity contribution in [2.45, 2.75) is 38.9 Å². The summed E-state index contributed by atoms with van der Waals surface area (Å²) in [7, 11) is 0. The van der Waals surface area contributed by atoms with Crippen LogP contribution in [0, 0.1) is 12.3 Å². The SMILES string of the molecule is Cc1ccc(C(=O)NCC(Br)CC(C)(C)C)cn1. The molecule has 0 saturated carbocycles. The molecule has 18 heavy (non-hydrogen) atoms. The first-order valence-electron chi connectivity index (χ1n) is 6.13. The Bertz CT molecular complexity index is 395. The van der Waals surface area contributed by atoms with Gasteiger partial charge in [0.1, 0.15) is 0 Å². The van der Waals surface area contributed by atoms with E-state index in [2.05, 4.69) is 47.0 Å². The highest BCUT2D eigenvalue weighted by Gasteiger charge is 2.17. The van der Waals surface area contributed by atoms with Gasteiger partial charge in [-0.1, -0.05) is 36.7 Å². The van der Waals surface area contributed by atoms with Crippen LogP contribution < -0.4 is 5.32 Å². The van der Waals surface area contributed by atoms with Gasteiger partial charge >= 0.3 is 0 Å². The molecule has 1 atom stereocenters. The third-order valence-electron chi connectivity index (χ3n) is 2.49. The molecule has 0 aromatic carbocycles. The van der Waals surface area contributed by atoms with Crippen LogP contribution >= 0.6 is 15.9 Å². The number of pyridine rings is 1. The summed E-state index contributed by atoms with van der Waals surface area (Å²) < 4.78 is 0. The van der Waals surface area contributed by atoms with Crippen LogP contribution in [0.15, 0.2) is 18.3 Å². The average Bonchev–Trinajstić information content (AvgIpc) is 2.24. The number of carbonyl (C=O) groups excluding carboxylic acids is 1. The topological polar surface area (TPSA) is 42.0 Å². The van der Waals surface area contributed by atoms with E-state index in [1.54, 1.807) is 12.3 Å². The molecule has 0 fully saturated rings. The number of alkyl halides is 1. The molecule has 1 amide bonds. The predicted octanol–water partition coefficient (Wildman–Crippen LogP) is 3.32. The minimum Gasteiger partial charge on any atom is -0.351 e. The number of aryl methyl sites for hydroxylation is 1. The number of nitrogens with zero attached hydrogens (tertiary/aromatic N) is 1. The minimum atomic E-state index is -0.0686. The van der Waals surface area contributed by atoms with E-state index in [-0.39, 0.29) is 11.3 Å². The summed E-state index contributed by atoms with van der Waals surface area (Å²) in [5.41, 5.74) is 1.78. The Labute approximate surface area is 118 Å². The summed E-state index contributed by atoms with van der Waals surface area (Å²) in [6.07, 6.45) is 2.62. The van der Waals surface area contributed by atoms with E-state index < -0.39 is 0 Å². The van der Waals surface area contributed by atoms with E-state index in [1.807, 2.05) is 13.0 Å². The number of carbonyl (C=O) groups is 1. The van der Waals surface area contributed by atoms with Crippen molar-refractivity contribution in [3.63, 3.8) is 0 Å². The van der Waals surface area contributed by atoms with Crippen LogP contribution in [0.5, 0.6) is 0 Å². The summed E-state index contributed by atoms with van der Waals surface area (Å²) >= 11 is 3.60. The van der Waals surface area contributed by atoms with Crippen LogP contribution in [0.3, 0.4) is 0 Å². The van der Waals surface area contributed by atoms with Gasteiger partial charge in [-0.05, 0) is 30.9 Å². The summed E-state index contributed by atoms with van der Waals surface area (Å²) in [6.45, 7) is 9.09. The monoisotopic (exact) mass is 312 g/mol. The molecule has 0 aliphatic heterocycles. The molecule has 0 radical (unpaired) electrons. The molecule has 0 spiro atoms. The highest BCUT2D eigenvalue weighted by molar-refractivity contribution is 9.09. The molecule has 1 aromatic heterocycles. The third-order valence-corrected chi connectivity index (χ3v) is 3.14.